The van der Waals surface area contributed by atoms with Gasteiger partial charge >= 0.3 is 0 Å². The molecule has 0 spiro atoms. The third-order valence-corrected chi connectivity index (χ3v) is 4.21. The van der Waals surface area contributed by atoms with Crippen LogP contribution in [0.25, 0.3) is 11.0 Å². The van der Waals surface area contributed by atoms with Crippen molar-refractivity contribution in [1.29, 1.82) is 0 Å². The van der Waals surface area contributed by atoms with Gasteiger partial charge in [0.15, 0.2) is 0 Å². The number of imidazole rings is 1. The maximum atomic E-state index is 12.9. The number of carbonyl (C=O) groups is 2. The van der Waals surface area contributed by atoms with Crippen molar-refractivity contribution >= 4 is 22.8 Å². The highest BCUT2D eigenvalue weighted by molar-refractivity contribution is 5.97. The topological polar surface area (TPSA) is 117 Å². The van der Waals surface area contributed by atoms with Crippen molar-refractivity contribution in [3.63, 3.8) is 0 Å². The molecule has 0 bridgehead atoms. The molecule has 26 heavy (non-hydrogen) atoms. The van der Waals surface area contributed by atoms with Gasteiger partial charge < -0.3 is 29.8 Å². The Morgan fingerprint density at radius 1 is 1.50 bits per heavy atom. The van der Waals surface area contributed by atoms with E-state index in [1.54, 1.807) is 24.5 Å². The van der Waals surface area contributed by atoms with E-state index < -0.39 is 5.60 Å². The fourth-order valence-electron chi connectivity index (χ4n) is 2.89. The summed E-state index contributed by atoms with van der Waals surface area (Å²) in [6.07, 6.45) is 1.57. The molecule has 1 aliphatic rings. The third-order valence-electron chi connectivity index (χ3n) is 4.21. The molecule has 3 N–H and O–H groups in total. The van der Waals surface area contributed by atoms with E-state index in [-0.39, 0.29) is 38.1 Å². The van der Waals surface area contributed by atoms with E-state index in [9.17, 15) is 14.7 Å². The molecule has 0 saturated carbocycles. The minimum Gasteiger partial charge on any atom is -0.384 e. The van der Waals surface area contributed by atoms with Crippen LogP contribution in [0.1, 0.15) is 10.4 Å². The first-order chi connectivity index (χ1) is 12.5. The first-order valence-electron chi connectivity index (χ1n) is 8.29. The second kappa shape index (κ2) is 7.81. The zero-order valence-corrected chi connectivity index (χ0v) is 14.5. The van der Waals surface area contributed by atoms with Gasteiger partial charge in [-0.25, -0.2) is 4.98 Å². The number of H-pyrrole nitrogens is 1. The van der Waals surface area contributed by atoms with Gasteiger partial charge in [0.25, 0.3) is 5.91 Å². The van der Waals surface area contributed by atoms with Crippen molar-refractivity contribution in [2.75, 3.05) is 46.6 Å². The molecule has 1 aromatic heterocycles. The number of benzene rings is 1. The van der Waals surface area contributed by atoms with E-state index in [0.29, 0.717) is 18.7 Å². The van der Waals surface area contributed by atoms with Crippen LogP contribution in [0.5, 0.6) is 0 Å². The van der Waals surface area contributed by atoms with Crippen LogP contribution in [0.2, 0.25) is 0 Å². The van der Waals surface area contributed by atoms with Crippen LogP contribution in [0.15, 0.2) is 24.5 Å². The van der Waals surface area contributed by atoms with E-state index in [2.05, 4.69) is 15.3 Å². The lowest BCUT2D eigenvalue weighted by atomic mass is 10.0. The fraction of sp³-hybridized carbons (Fsp3) is 0.471. The normalized spacial score (nSPS) is 20.8. The number of β-amino-alcohol motifs (C(OH)–C–C–N with tert-alkyl or cyclic N) is 1. The Kier molecular flexibility index (Phi) is 5.50. The van der Waals surface area contributed by atoms with Crippen LogP contribution < -0.4 is 5.32 Å². The molecule has 1 atom stereocenters. The van der Waals surface area contributed by atoms with Gasteiger partial charge in [-0.05, 0) is 18.2 Å². The van der Waals surface area contributed by atoms with Gasteiger partial charge in [0, 0.05) is 19.2 Å². The lowest BCUT2D eigenvalue weighted by Crippen LogP contribution is -2.53. The minimum absolute atomic E-state index is 0.0292. The standard InChI is InChI=1S/C17H22N4O5/c1-25-7-15(22)18-8-17(24)9-21(4-5-26-10-17)16(23)12-2-3-13-14(6-12)20-11-19-13/h2-3,6,11,24H,4-5,7-10H2,1H3,(H,18,22)(H,19,20). The molecule has 0 aliphatic carbocycles. The summed E-state index contributed by atoms with van der Waals surface area (Å²) in [6, 6.07) is 5.21. The zero-order valence-electron chi connectivity index (χ0n) is 14.5. The average molecular weight is 362 g/mol. The van der Waals surface area contributed by atoms with Crippen molar-refractivity contribution in [3.05, 3.63) is 30.1 Å². The number of rotatable bonds is 5. The Labute approximate surface area is 150 Å². The summed E-state index contributed by atoms with van der Waals surface area (Å²) >= 11 is 0. The number of hydrogen-bond acceptors (Lipinski definition) is 6. The van der Waals surface area contributed by atoms with Gasteiger partial charge in [-0.3, -0.25) is 9.59 Å². The van der Waals surface area contributed by atoms with Gasteiger partial charge in [-0.2, -0.15) is 0 Å². The van der Waals surface area contributed by atoms with Crippen LogP contribution in [0.4, 0.5) is 0 Å². The third kappa shape index (κ3) is 4.18. The maximum Gasteiger partial charge on any atom is 0.254 e. The fourth-order valence-corrected chi connectivity index (χ4v) is 2.89. The summed E-state index contributed by atoms with van der Waals surface area (Å²) in [5.41, 5.74) is 0.671. The second-order valence-corrected chi connectivity index (χ2v) is 6.35. The molecule has 1 saturated heterocycles. The molecule has 1 unspecified atom stereocenters. The Morgan fingerprint density at radius 3 is 3.15 bits per heavy atom. The van der Waals surface area contributed by atoms with Crippen LogP contribution >= 0.6 is 0 Å². The summed E-state index contributed by atoms with van der Waals surface area (Å²) in [4.78, 5) is 33.1. The molecule has 9 heteroatoms. The van der Waals surface area contributed by atoms with E-state index in [1.165, 1.54) is 12.0 Å². The molecule has 9 nitrogen and oxygen atoms in total. The van der Waals surface area contributed by atoms with E-state index in [0.717, 1.165) is 11.0 Å². The van der Waals surface area contributed by atoms with Gasteiger partial charge in [0.2, 0.25) is 5.91 Å². The summed E-state index contributed by atoms with van der Waals surface area (Å²) in [7, 11) is 1.42. The number of carbonyl (C=O) groups excluding carboxylic acids is 2. The van der Waals surface area contributed by atoms with Crippen LogP contribution in [-0.4, -0.2) is 84.0 Å². The van der Waals surface area contributed by atoms with Crippen molar-refractivity contribution in [2.45, 2.75) is 5.60 Å². The van der Waals surface area contributed by atoms with Gasteiger partial charge in [-0.15, -0.1) is 0 Å². The molecule has 2 heterocycles. The first-order valence-corrected chi connectivity index (χ1v) is 8.29. The van der Waals surface area contributed by atoms with Crippen molar-refractivity contribution < 1.29 is 24.2 Å². The second-order valence-electron chi connectivity index (χ2n) is 6.35. The highest BCUT2D eigenvalue weighted by Gasteiger charge is 2.35. The predicted octanol–water partition coefficient (Wildman–Crippen LogP) is -0.471. The number of aromatic amines is 1. The average Bonchev–Trinajstić information content (AvgIpc) is 3.01. The van der Waals surface area contributed by atoms with E-state index in [4.69, 9.17) is 9.47 Å². The predicted molar refractivity (Wildman–Crippen MR) is 92.7 cm³/mol. The zero-order chi connectivity index (χ0) is 18.6. The monoisotopic (exact) mass is 362 g/mol. The Bertz CT molecular complexity index is 792. The van der Waals surface area contributed by atoms with Crippen LogP contribution in [0.3, 0.4) is 0 Å². The lowest BCUT2D eigenvalue weighted by Gasteiger charge is -2.31. The smallest absolute Gasteiger partial charge is 0.254 e. The molecule has 1 aliphatic heterocycles. The lowest BCUT2D eigenvalue weighted by molar-refractivity contribution is -0.126. The number of hydrogen-bond donors (Lipinski definition) is 3. The Balaban J connectivity index is 1.71. The number of amides is 2. The molecular formula is C17H22N4O5. The SMILES string of the molecule is COCC(=O)NCC1(O)COCCN(C(=O)c2ccc3nc[nH]c3c2)C1. The summed E-state index contributed by atoms with van der Waals surface area (Å²) in [5, 5.41) is 13.4. The van der Waals surface area contributed by atoms with Gasteiger partial charge in [0.05, 0.1) is 43.7 Å². The molecule has 1 fully saturated rings. The van der Waals surface area contributed by atoms with E-state index in [1.807, 2.05) is 0 Å². The number of aromatic nitrogens is 2. The van der Waals surface area contributed by atoms with Crippen molar-refractivity contribution in [2.24, 2.45) is 0 Å². The molecular weight excluding hydrogens is 340 g/mol. The minimum atomic E-state index is -1.37. The number of fused-ring (bicyclic) bond motifs is 1. The maximum absolute atomic E-state index is 12.9. The quantitative estimate of drug-likeness (QED) is 0.662. The highest BCUT2D eigenvalue weighted by atomic mass is 16.5. The van der Waals surface area contributed by atoms with E-state index >= 15 is 0 Å². The Hall–Kier alpha value is -2.49. The molecule has 3 rings (SSSR count). The number of nitrogens with one attached hydrogen (secondary N) is 2. The van der Waals surface area contributed by atoms with Crippen molar-refractivity contribution in [1.82, 2.24) is 20.2 Å². The summed E-state index contributed by atoms with van der Waals surface area (Å²) < 4.78 is 10.2. The van der Waals surface area contributed by atoms with Crippen molar-refractivity contribution in [3.8, 4) is 0 Å². The molecule has 1 aromatic carbocycles. The molecule has 2 amide bonds. The number of ether oxygens (including phenoxy) is 2. The van der Waals surface area contributed by atoms with Gasteiger partial charge in [0.1, 0.15) is 12.2 Å². The summed E-state index contributed by atoms with van der Waals surface area (Å²) in [6.45, 7) is 0.632. The van der Waals surface area contributed by atoms with Crippen LogP contribution in [-0.2, 0) is 14.3 Å². The highest BCUT2D eigenvalue weighted by Crippen LogP contribution is 2.17. The number of aliphatic hydroxyl groups is 1. The Morgan fingerprint density at radius 2 is 2.35 bits per heavy atom. The summed E-state index contributed by atoms with van der Waals surface area (Å²) in [5.74, 6) is -0.554. The number of nitrogens with zero attached hydrogens (tertiary/aromatic N) is 2. The largest absolute Gasteiger partial charge is 0.384 e. The van der Waals surface area contributed by atoms with Crippen LogP contribution in [0, 0.1) is 0 Å². The molecule has 0 radical (unpaired) electrons. The van der Waals surface area contributed by atoms with Gasteiger partial charge in [-0.1, -0.05) is 0 Å². The molecule has 140 valence electrons. The molecule has 2 aromatic rings. The number of methoxy groups -OCH3 is 1. The first kappa shape index (κ1) is 18.3.